The number of anilines is 2. The molecule has 0 aliphatic carbocycles. The predicted molar refractivity (Wildman–Crippen MR) is 77.8 cm³/mol. The van der Waals surface area contributed by atoms with E-state index in [1.165, 1.54) is 0 Å². The number of nitriles is 1. The standard InChI is InChI=1S/C14H23N5/c1-5-12-17-13(16)11(4)14(18-12)19(8-6-7-15)9-10(2)3/h10H,5-6,8-9H2,1-4H3,(H2,16,17,18). The Balaban J connectivity index is 3.12. The Labute approximate surface area is 115 Å². The highest BCUT2D eigenvalue weighted by Crippen LogP contribution is 2.23. The van der Waals surface area contributed by atoms with Crippen LogP contribution in [-0.4, -0.2) is 23.1 Å². The number of nitrogen functional groups attached to an aromatic ring is 1. The summed E-state index contributed by atoms with van der Waals surface area (Å²) in [6.07, 6.45) is 1.24. The molecule has 0 aromatic carbocycles. The SMILES string of the molecule is CCc1nc(N)c(C)c(N(CCC#N)CC(C)C)n1. The highest BCUT2D eigenvalue weighted by molar-refractivity contribution is 5.56. The van der Waals surface area contributed by atoms with Crippen LogP contribution in [-0.2, 0) is 6.42 Å². The molecule has 0 aliphatic rings. The van der Waals surface area contributed by atoms with Crippen molar-refractivity contribution in [1.82, 2.24) is 9.97 Å². The van der Waals surface area contributed by atoms with Crippen molar-refractivity contribution in [2.45, 2.75) is 40.5 Å². The smallest absolute Gasteiger partial charge is 0.137 e. The third kappa shape index (κ3) is 4.09. The lowest BCUT2D eigenvalue weighted by molar-refractivity contribution is 0.605. The van der Waals surface area contributed by atoms with Gasteiger partial charge in [0.05, 0.1) is 12.5 Å². The van der Waals surface area contributed by atoms with E-state index in [1.807, 2.05) is 13.8 Å². The molecule has 0 aliphatic heterocycles. The third-order valence-corrected chi connectivity index (χ3v) is 2.90. The Kier molecular flexibility index (Phi) is 5.56. The molecule has 5 heteroatoms. The van der Waals surface area contributed by atoms with E-state index in [0.717, 1.165) is 30.2 Å². The highest BCUT2D eigenvalue weighted by Gasteiger charge is 2.16. The van der Waals surface area contributed by atoms with Crippen LogP contribution in [0.2, 0.25) is 0 Å². The average Bonchev–Trinajstić information content (AvgIpc) is 2.37. The fraction of sp³-hybridized carbons (Fsp3) is 0.643. The largest absolute Gasteiger partial charge is 0.383 e. The summed E-state index contributed by atoms with van der Waals surface area (Å²) in [7, 11) is 0. The van der Waals surface area contributed by atoms with Crippen molar-refractivity contribution in [2.24, 2.45) is 5.92 Å². The van der Waals surface area contributed by atoms with E-state index in [4.69, 9.17) is 11.0 Å². The zero-order valence-corrected chi connectivity index (χ0v) is 12.3. The van der Waals surface area contributed by atoms with Crippen molar-refractivity contribution in [2.75, 3.05) is 23.7 Å². The number of aryl methyl sites for hydroxylation is 1. The lowest BCUT2D eigenvalue weighted by Crippen LogP contribution is -2.30. The van der Waals surface area contributed by atoms with Gasteiger partial charge in [-0.3, -0.25) is 0 Å². The Morgan fingerprint density at radius 1 is 1.37 bits per heavy atom. The molecule has 1 rings (SSSR count). The predicted octanol–water partition coefficient (Wildman–Crippen LogP) is 2.31. The summed E-state index contributed by atoms with van der Waals surface area (Å²) >= 11 is 0. The normalized spacial score (nSPS) is 10.5. The number of hydrogen-bond acceptors (Lipinski definition) is 5. The van der Waals surface area contributed by atoms with Crippen LogP contribution >= 0.6 is 0 Å². The van der Waals surface area contributed by atoms with E-state index in [1.54, 1.807) is 0 Å². The fourth-order valence-electron chi connectivity index (χ4n) is 1.94. The summed E-state index contributed by atoms with van der Waals surface area (Å²) in [6, 6.07) is 2.19. The third-order valence-electron chi connectivity index (χ3n) is 2.90. The van der Waals surface area contributed by atoms with Crippen LogP contribution in [0.1, 0.15) is 38.6 Å². The van der Waals surface area contributed by atoms with Gasteiger partial charge in [-0.2, -0.15) is 5.26 Å². The van der Waals surface area contributed by atoms with Crippen LogP contribution in [0.25, 0.3) is 0 Å². The molecule has 0 radical (unpaired) electrons. The first kappa shape index (κ1) is 15.2. The van der Waals surface area contributed by atoms with Crippen molar-refractivity contribution in [3.8, 4) is 6.07 Å². The summed E-state index contributed by atoms with van der Waals surface area (Å²) in [5.41, 5.74) is 6.85. The van der Waals surface area contributed by atoms with Gasteiger partial charge in [-0.1, -0.05) is 20.8 Å². The summed E-state index contributed by atoms with van der Waals surface area (Å²) in [5, 5.41) is 8.79. The van der Waals surface area contributed by atoms with Gasteiger partial charge in [0, 0.05) is 25.1 Å². The van der Waals surface area contributed by atoms with Crippen LogP contribution in [0.5, 0.6) is 0 Å². The first-order valence-electron chi connectivity index (χ1n) is 6.74. The molecule has 0 saturated heterocycles. The van der Waals surface area contributed by atoms with E-state index >= 15 is 0 Å². The summed E-state index contributed by atoms with van der Waals surface area (Å²) in [6.45, 7) is 9.79. The molecule has 0 spiro atoms. The fourth-order valence-corrected chi connectivity index (χ4v) is 1.94. The lowest BCUT2D eigenvalue weighted by atomic mass is 10.2. The monoisotopic (exact) mass is 261 g/mol. The molecule has 0 unspecified atom stereocenters. The van der Waals surface area contributed by atoms with E-state index in [2.05, 4.69) is 34.8 Å². The quantitative estimate of drug-likeness (QED) is 0.850. The molecule has 1 aromatic rings. The van der Waals surface area contributed by atoms with Crippen LogP contribution in [0, 0.1) is 24.2 Å². The van der Waals surface area contributed by atoms with Crippen molar-refractivity contribution < 1.29 is 0 Å². The zero-order chi connectivity index (χ0) is 14.4. The number of nitrogens with zero attached hydrogens (tertiary/aromatic N) is 4. The Bertz CT molecular complexity index is 462. The Hall–Kier alpha value is -1.83. The van der Waals surface area contributed by atoms with Crippen molar-refractivity contribution in [3.63, 3.8) is 0 Å². The summed E-state index contributed by atoms with van der Waals surface area (Å²) in [4.78, 5) is 11.0. The minimum atomic E-state index is 0.484. The molecule has 0 fully saturated rings. The van der Waals surface area contributed by atoms with Crippen molar-refractivity contribution in [1.29, 1.82) is 5.26 Å². The molecule has 0 atom stereocenters. The Morgan fingerprint density at radius 3 is 2.58 bits per heavy atom. The van der Waals surface area contributed by atoms with Crippen molar-refractivity contribution >= 4 is 11.6 Å². The maximum absolute atomic E-state index is 8.79. The molecule has 0 saturated carbocycles. The second-order valence-electron chi connectivity index (χ2n) is 5.08. The number of nitrogens with two attached hydrogens (primary N) is 1. The highest BCUT2D eigenvalue weighted by atomic mass is 15.2. The van der Waals surface area contributed by atoms with Crippen LogP contribution < -0.4 is 10.6 Å². The van der Waals surface area contributed by atoms with Gasteiger partial charge in [-0.25, -0.2) is 9.97 Å². The minimum Gasteiger partial charge on any atom is -0.383 e. The van der Waals surface area contributed by atoms with Crippen LogP contribution in [0.3, 0.4) is 0 Å². The van der Waals surface area contributed by atoms with Crippen molar-refractivity contribution in [3.05, 3.63) is 11.4 Å². The average molecular weight is 261 g/mol. The number of hydrogen-bond donors (Lipinski definition) is 1. The molecule has 1 heterocycles. The molecule has 0 amide bonds. The van der Waals surface area contributed by atoms with Crippen LogP contribution in [0.15, 0.2) is 0 Å². The maximum Gasteiger partial charge on any atom is 0.137 e. The number of rotatable bonds is 6. The zero-order valence-electron chi connectivity index (χ0n) is 12.3. The van der Waals surface area contributed by atoms with Gasteiger partial charge in [0.2, 0.25) is 0 Å². The molecule has 2 N–H and O–H groups in total. The molecular formula is C14H23N5. The van der Waals surface area contributed by atoms with Crippen LogP contribution in [0.4, 0.5) is 11.6 Å². The summed E-state index contributed by atoms with van der Waals surface area (Å²) in [5.74, 6) is 2.66. The van der Waals surface area contributed by atoms with E-state index in [0.29, 0.717) is 24.7 Å². The second kappa shape index (κ2) is 6.93. The van der Waals surface area contributed by atoms with E-state index in [9.17, 15) is 0 Å². The Morgan fingerprint density at radius 2 is 2.05 bits per heavy atom. The molecule has 1 aromatic heterocycles. The second-order valence-corrected chi connectivity index (χ2v) is 5.08. The van der Waals surface area contributed by atoms with Gasteiger partial charge < -0.3 is 10.6 Å². The molecule has 19 heavy (non-hydrogen) atoms. The van der Waals surface area contributed by atoms with E-state index in [-0.39, 0.29) is 0 Å². The minimum absolute atomic E-state index is 0.484. The van der Waals surface area contributed by atoms with Gasteiger partial charge in [-0.15, -0.1) is 0 Å². The molecule has 0 bridgehead atoms. The van der Waals surface area contributed by atoms with Gasteiger partial charge in [0.25, 0.3) is 0 Å². The molecular weight excluding hydrogens is 238 g/mol. The molecule has 104 valence electrons. The lowest BCUT2D eigenvalue weighted by Gasteiger charge is -2.26. The van der Waals surface area contributed by atoms with Gasteiger partial charge >= 0.3 is 0 Å². The van der Waals surface area contributed by atoms with Gasteiger partial charge in [-0.05, 0) is 12.8 Å². The number of aromatic nitrogens is 2. The maximum atomic E-state index is 8.79. The summed E-state index contributed by atoms with van der Waals surface area (Å²) < 4.78 is 0. The molecule has 5 nitrogen and oxygen atoms in total. The topological polar surface area (TPSA) is 78.8 Å². The first-order chi connectivity index (χ1) is 8.99. The van der Waals surface area contributed by atoms with Gasteiger partial charge in [0.15, 0.2) is 0 Å². The van der Waals surface area contributed by atoms with E-state index < -0.39 is 0 Å². The first-order valence-corrected chi connectivity index (χ1v) is 6.74. The van der Waals surface area contributed by atoms with Gasteiger partial charge in [0.1, 0.15) is 17.5 Å².